The molecule has 0 fully saturated rings. The van der Waals surface area contributed by atoms with Crippen LogP contribution in [0, 0.1) is 0 Å². The summed E-state index contributed by atoms with van der Waals surface area (Å²) in [4.78, 5) is 10.2. The van der Waals surface area contributed by atoms with Crippen LogP contribution in [0.1, 0.15) is 0 Å². The standard InChI is InChI=1S/C8H9NO4S/c9-6-1-3-7(4-2-6)14(12,13)5-8(10)11/h1-4H,5,9H2,(H,10,11). The summed E-state index contributed by atoms with van der Waals surface area (Å²) in [6.07, 6.45) is 0. The molecule has 1 rings (SSSR count). The van der Waals surface area contributed by atoms with Gasteiger partial charge in [0.25, 0.3) is 0 Å². The molecule has 0 bridgehead atoms. The Morgan fingerprint density at radius 3 is 2.21 bits per heavy atom. The lowest BCUT2D eigenvalue weighted by atomic mass is 10.3. The molecule has 0 saturated heterocycles. The minimum atomic E-state index is -3.73. The largest absolute Gasteiger partial charge is 0.480 e. The number of hydrogen-bond donors (Lipinski definition) is 2. The summed E-state index contributed by atoms with van der Waals surface area (Å²) in [5.74, 6) is -2.28. The second-order valence-corrected chi connectivity index (χ2v) is 4.71. The van der Waals surface area contributed by atoms with E-state index in [0.717, 1.165) is 0 Å². The maximum absolute atomic E-state index is 11.3. The smallest absolute Gasteiger partial charge is 0.319 e. The van der Waals surface area contributed by atoms with E-state index in [0.29, 0.717) is 5.69 Å². The van der Waals surface area contributed by atoms with Crippen LogP contribution < -0.4 is 5.73 Å². The molecule has 6 heteroatoms. The highest BCUT2D eigenvalue weighted by molar-refractivity contribution is 7.92. The van der Waals surface area contributed by atoms with Crippen LogP contribution in [0.4, 0.5) is 5.69 Å². The molecule has 14 heavy (non-hydrogen) atoms. The normalized spacial score (nSPS) is 11.1. The van der Waals surface area contributed by atoms with Gasteiger partial charge in [-0.2, -0.15) is 0 Å². The highest BCUT2D eigenvalue weighted by Gasteiger charge is 2.18. The van der Waals surface area contributed by atoms with Gasteiger partial charge in [0.1, 0.15) is 0 Å². The SMILES string of the molecule is Nc1ccc(S(=O)(=O)CC(=O)O)cc1. The second kappa shape index (κ2) is 3.67. The van der Waals surface area contributed by atoms with Crippen LogP contribution in [0.15, 0.2) is 29.2 Å². The number of rotatable bonds is 3. The van der Waals surface area contributed by atoms with Gasteiger partial charge in [-0.15, -0.1) is 0 Å². The molecule has 0 spiro atoms. The summed E-state index contributed by atoms with van der Waals surface area (Å²) < 4.78 is 22.7. The van der Waals surface area contributed by atoms with Crippen molar-refractivity contribution in [2.45, 2.75) is 4.90 Å². The highest BCUT2D eigenvalue weighted by Crippen LogP contribution is 2.12. The third-order valence-corrected chi connectivity index (χ3v) is 3.17. The molecule has 0 aliphatic carbocycles. The molecule has 0 atom stereocenters. The third-order valence-electron chi connectivity index (χ3n) is 1.55. The van der Waals surface area contributed by atoms with E-state index in [-0.39, 0.29) is 4.90 Å². The zero-order valence-corrected chi connectivity index (χ0v) is 7.99. The van der Waals surface area contributed by atoms with Gasteiger partial charge in [0.05, 0.1) is 4.90 Å². The number of benzene rings is 1. The van der Waals surface area contributed by atoms with Gasteiger partial charge in [-0.25, -0.2) is 8.42 Å². The molecule has 0 heterocycles. The molecule has 0 aliphatic heterocycles. The lowest BCUT2D eigenvalue weighted by Gasteiger charge is -2.01. The summed E-state index contributed by atoms with van der Waals surface area (Å²) in [5.41, 5.74) is 5.79. The lowest BCUT2D eigenvalue weighted by molar-refractivity contribution is -0.134. The third kappa shape index (κ3) is 2.46. The van der Waals surface area contributed by atoms with Crippen molar-refractivity contribution in [3.63, 3.8) is 0 Å². The molecule has 0 aromatic heterocycles. The van der Waals surface area contributed by atoms with Crippen LogP contribution in [0.25, 0.3) is 0 Å². The first-order chi connectivity index (χ1) is 6.42. The average Bonchev–Trinajstić information content (AvgIpc) is 2.02. The maximum Gasteiger partial charge on any atom is 0.319 e. The topological polar surface area (TPSA) is 97.5 Å². The Morgan fingerprint density at radius 1 is 1.29 bits per heavy atom. The van der Waals surface area contributed by atoms with Crippen molar-refractivity contribution in [3.05, 3.63) is 24.3 Å². The fraction of sp³-hybridized carbons (Fsp3) is 0.125. The number of carboxylic acids is 1. The van der Waals surface area contributed by atoms with Crippen LogP contribution in [0.5, 0.6) is 0 Å². The summed E-state index contributed by atoms with van der Waals surface area (Å²) >= 11 is 0. The number of carbonyl (C=O) groups is 1. The van der Waals surface area contributed by atoms with E-state index >= 15 is 0 Å². The number of anilines is 1. The summed E-state index contributed by atoms with van der Waals surface area (Å²) in [5, 5.41) is 8.36. The van der Waals surface area contributed by atoms with Crippen molar-refractivity contribution in [3.8, 4) is 0 Å². The van der Waals surface area contributed by atoms with Gasteiger partial charge in [0.2, 0.25) is 0 Å². The summed E-state index contributed by atoms with van der Waals surface area (Å²) in [6, 6.07) is 5.39. The van der Waals surface area contributed by atoms with Gasteiger partial charge in [0, 0.05) is 5.69 Å². The van der Waals surface area contributed by atoms with E-state index in [1.165, 1.54) is 24.3 Å². The number of carboxylic acid groups (broad SMARTS) is 1. The average molecular weight is 215 g/mol. The van der Waals surface area contributed by atoms with Crippen LogP contribution >= 0.6 is 0 Å². The molecular formula is C8H9NO4S. The first kappa shape index (κ1) is 10.5. The van der Waals surface area contributed by atoms with Crippen molar-refractivity contribution in [2.75, 3.05) is 11.5 Å². The molecule has 0 saturated carbocycles. The van der Waals surface area contributed by atoms with Crippen molar-refractivity contribution >= 4 is 21.5 Å². The lowest BCUT2D eigenvalue weighted by Crippen LogP contribution is -2.15. The van der Waals surface area contributed by atoms with Gasteiger partial charge in [0.15, 0.2) is 15.6 Å². The Labute approximate surface area is 81.1 Å². The van der Waals surface area contributed by atoms with E-state index in [4.69, 9.17) is 10.8 Å². The molecule has 0 unspecified atom stereocenters. The number of nitrogens with two attached hydrogens (primary N) is 1. The molecule has 76 valence electrons. The first-order valence-electron chi connectivity index (χ1n) is 3.72. The molecule has 5 nitrogen and oxygen atoms in total. The van der Waals surface area contributed by atoms with Gasteiger partial charge >= 0.3 is 5.97 Å². The van der Waals surface area contributed by atoms with Crippen LogP contribution in [0.2, 0.25) is 0 Å². The number of nitrogen functional groups attached to an aromatic ring is 1. The maximum atomic E-state index is 11.3. The van der Waals surface area contributed by atoms with Gasteiger partial charge in [-0.05, 0) is 24.3 Å². The Balaban J connectivity index is 3.05. The zero-order chi connectivity index (χ0) is 10.8. The minimum absolute atomic E-state index is 0.0332. The molecule has 0 radical (unpaired) electrons. The van der Waals surface area contributed by atoms with Crippen molar-refractivity contribution in [1.29, 1.82) is 0 Å². The van der Waals surface area contributed by atoms with Crippen LogP contribution in [-0.2, 0) is 14.6 Å². The van der Waals surface area contributed by atoms with Gasteiger partial charge < -0.3 is 10.8 Å². The van der Waals surface area contributed by atoms with E-state index in [1.54, 1.807) is 0 Å². The predicted molar refractivity (Wildman–Crippen MR) is 50.5 cm³/mol. The van der Waals surface area contributed by atoms with Crippen molar-refractivity contribution in [1.82, 2.24) is 0 Å². The summed E-state index contributed by atoms with van der Waals surface area (Å²) in [6.45, 7) is 0. The second-order valence-electron chi connectivity index (χ2n) is 2.72. The van der Waals surface area contributed by atoms with Crippen LogP contribution in [0.3, 0.4) is 0 Å². The molecule has 3 N–H and O–H groups in total. The zero-order valence-electron chi connectivity index (χ0n) is 7.17. The van der Waals surface area contributed by atoms with Crippen LogP contribution in [-0.4, -0.2) is 25.2 Å². The van der Waals surface area contributed by atoms with Crippen molar-refractivity contribution < 1.29 is 18.3 Å². The Bertz CT molecular complexity index is 435. The molecule has 0 amide bonds. The first-order valence-corrected chi connectivity index (χ1v) is 5.37. The predicted octanol–water partition coefficient (Wildman–Crippen LogP) is 0.127. The van der Waals surface area contributed by atoms with Gasteiger partial charge in [-0.1, -0.05) is 0 Å². The molecule has 0 aliphatic rings. The Morgan fingerprint density at radius 2 is 1.79 bits per heavy atom. The van der Waals surface area contributed by atoms with E-state index in [9.17, 15) is 13.2 Å². The number of aliphatic carboxylic acids is 1. The Hall–Kier alpha value is -1.56. The fourth-order valence-electron chi connectivity index (χ4n) is 0.921. The molecular weight excluding hydrogens is 206 g/mol. The number of hydrogen-bond acceptors (Lipinski definition) is 4. The molecule has 1 aromatic carbocycles. The Kier molecular flexibility index (Phi) is 2.76. The monoisotopic (exact) mass is 215 g/mol. The fourth-order valence-corrected chi connectivity index (χ4v) is 1.96. The van der Waals surface area contributed by atoms with E-state index < -0.39 is 21.6 Å². The number of sulfone groups is 1. The minimum Gasteiger partial charge on any atom is -0.480 e. The van der Waals surface area contributed by atoms with Crippen molar-refractivity contribution in [2.24, 2.45) is 0 Å². The van der Waals surface area contributed by atoms with Gasteiger partial charge in [-0.3, -0.25) is 4.79 Å². The highest BCUT2D eigenvalue weighted by atomic mass is 32.2. The quantitative estimate of drug-likeness (QED) is 0.698. The summed E-state index contributed by atoms with van der Waals surface area (Å²) in [7, 11) is -3.73. The molecule has 1 aromatic rings. The van der Waals surface area contributed by atoms with E-state index in [2.05, 4.69) is 0 Å². The van der Waals surface area contributed by atoms with E-state index in [1.807, 2.05) is 0 Å².